The van der Waals surface area contributed by atoms with Crippen molar-refractivity contribution in [2.45, 2.75) is 6.92 Å². The van der Waals surface area contributed by atoms with Gasteiger partial charge in [0.05, 0.1) is 12.4 Å². The third-order valence-electron chi connectivity index (χ3n) is 1.64. The molecular formula is C11H13NO2S2. The minimum atomic E-state index is -0.0850. The molecular weight excluding hydrogens is 242 g/mol. The lowest BCUT2D eigenvalue weighted by Gasteiger charge is -2.05. The first-order valence-corrected chi connectivity index (χ1v) is 6.26. The Bertz CT molecular complexity index is 354. The summed E-state index contributed by atoms with van der Waals surface area (Å²) in [6.45, 7) is 2.39. The van der Waals surface area contributed by atoms with E-state index in [9.17, 15) is 4.79 Å². The molecule has 0 heterocycles. The van der Waals surface area contributed by atoms with Crippen molar-refractivity contribution in [2.75, 3.05) is 17.7 Å². The molecule has 0 fully saturated rings. The molecule has 0 aliphatic rings. The number of nitrogens with one attached hydrogen (secondary N) is 1. The highest BCUT2D eigenvalue weighted by molar-refractivity contribution is 8.23. The van der Waals surface area contributed by atoms with Gasteiger partial charge in [-0.15, -0.1) is 0 Å². The molecule has 0 bridgehead atoms. The number of carbonyl (C=O) groups is 1. The van der Waals surface area contributed by atoms with Crippen LogP contribution in [0.25, 0.3) is 0 Å². The largest absolute Gasteiger partial charge is 0.479 e. The van der Waals surface area contributed by atoms with E-state index in [4.69, 9.17) is 17.0 Å². The monoisotopic (exact) mass is 255 g/mol. The van der Waals surface area contributed by atoms with Crippen molar-refractivity contribution in [3.63, 3.8) is 0 Å². The van der Waals surface area contributed by atoms with Crippen LogP contribution < -0.4 is 5.32 Å². The van der Waals surface area contributed by atoms with Crippen LogP contribution in [0.3, 0.4) is 0 Å². The second kappa shape index (κ2) is 7.24. The molecule has 0 saturated heterocycles. The number of thioether (sulfide) groups is 1. The van der Waals surface area contributed by atoms with Gasteiger partial charge in [0.1, 0.15) is 0 Å². The van der Waals surface area contributed by atoms with E-state index in [1.54, 1.807) is 0 Å². The molecule has 3 nitrogen and oxygen atoms in total. The SMILES string of the molecule is CCOC(=S)SCC(=O)Nc1ccccc1. The molecule has 0 saturated carbocycles. The van der Waals surface area contributed by atoms with Gasteiger partial charge in [0.2, 0.25) is 10.3 Å². The summed E-state index contributed by atoms with van der Waals surface area (Å²) in [6, 6.07) is 9.31. The van der Waals surface area contributed by atoms with Gasteiger partial charge in [0.15, 0.2) is 0 Å². The molecule has 86 valence electrons. The maximum atomic E-state index is 11.5. The van der Waals surface area contributed by atoms with E-state index in [2.05, 4.69) is 5.32 Å². The molecule has 0 aliphatic carbocycles. The maximum absolute atomic E-state index is 11.5. The quantitative estimate of drug-likeness (QED) is 0.840. The van der Waals surface area contributed by atoms with Crippen molar-refractivity contribution >= 4 is 40.0 Å². The summed E-state index contributed by atoms with van der Waals surface area (Å²) in [6.07, 6.45) is 0. The van der Waals surface area contributed by atoms with Crippen molar-refractivity contribution in [1.29, 1.82) is 0 Å². The summed E-state index contributed by atoms with van der Waals surface area (Å²) < 4.78 is 5.46. The lowest BCUT2D eigenvalue weighted by molar-refractivity contribution is -0.113. The molecule has 1 rings (SSSR count). The first kappa shape index (κ1) is 13.0. The van der Waals surface area contributed by atoms with Crippen LogP contribution in [0.2, 0.25) is 0 Å². The van der Waals surface area contributed by atoms with Crippen LogP contribution in [0.5, 0.6) is 0 Å². The minimum absolute atomic E-state index is 0.0850. The summed E-state index contributed by atoms with van der Waals surface area (Å²) in [5, 5.41) is 2.76. The van der Waals surface area contributed by atoms with Gasteiger partial charge in [0, 0.05) is 5.69 Å². The lowest BCUT2D eigenvalue weighted by Crippen LogP contribution is -2.15. The van der Waals surface area contributed by atoms with E-state index in [1.165, 1.54) is 11.8 Å². The van der Waals surface area contributed by atoms with Crippen LogP contribution in [0.4, 0.5) is 5.69 Å². The Morgan fingerprint density at radius 2 is 2.12 bits per heavy atom. The van der Waals surface area contributed by atoms with E-state index < -0.39 is 0 Å². The van der Waals surface area contributed by atoms with Crippen molar-refractivity contribution < 1.29 is 9.53 Å². The fourth-order valence-corrected chi connectivity index (χ4v) is 1.82. The second-order valence-corrected chi connectivity index (χ2v) is 4.46. The van der Waals surface area contributed by atoms with Crippen LogP contribution >= 0.6 is 24.0 Å². The number of para-hydroxylation sites is 1. The minimum Gasteiger partial charge on any atom is -0.479 e. The highest BCUT2D eigenvalue weighted by Gasteiger charge is 2.05. The van der Waals surface area contributed by atoms with Gasteiger partial charge in [-0.3, -0.25) is 4.79 Å². The summed E-state index contributed by atoms with van der Waals surface area (Å²) >= 11 is 6.12. The third kappa shape index (κ3) is 5.14. The number of amides is 1. The number of thiocarbonyl (C=S) groups is 1. The van der Waals surface area contributed by atoms with Crippen molar-refractivity contribution in [2.24, 2.45) is 0 Å². The van der Waals surface area contributed by atoms with E-state index in [-0.39, 0.29) is 11.7 Å². The molecule has 1 N–H and O–H groups in total. The van der Waals surface area contributed by atoms with E-state index in [1.807, 2.05) is 37.3 Å². The molecule has 0 aromatic heterocycles. The van der Waals surface area contributed by atoms with Crippen LogP contribution in [0, 0.1) is 0 Å². The molecule has 1 amide bonds. The topological polar surface area (TPSA) is 38.3 Å². The molecule has 0 atom stereocenters. The van der Waals surface area contributed by atoms with Gasteiger partial charge >= 0.3 is 0 Å². The maximum Gasteiger partial charge on any atom is 0.234 e. The predicted molar refractivity (Wildman–Crippen MR) is 71.8 cm³/mol. The number of anilines is 1. The molecule has 0 spiro atoms. The number of ether oxygens (including phenoxy) is 1. The van der Waals surface area contributed by atoms with Gasteiger partial charge in [-0.25, -0.2) is 0 Å². The van der Waals surface area contributed by atoms with Crippen LogP contribution in [-0.4, -0.2) is 22.6 Å². The highest BCUT2D eigenvalue weighted by atomic mass is 32.2. The van der Waals surface area contributed by atoms with Crippen LogP contribution in [0.1, 0.15) is 6.92 Å². The molecule has 0 aliphatic heterocycles. The number of hydrogen-bond donors (Lipinski definition) is 1. The fraction of sp³-hybridized carbons (Fsp3) is 0.273. The lowest BCUT2D eigenvalue weighted by atomic mass is 10.3. The number of rotatable bonds is 4. The van der Waals surface area contributed by atoms with Gasteiger partial charge in [-0.05, 0) is 31.3 Å². The zero-order valence-corrected chi connectivity index (χ0v) is 10.6. The second-order valence-electron chi connectivity index (χ2n) is 2.89. The molecule has 16 heavy (non-hydrogen) atoms. The average molecular weight is 255 g/mol. The predicted octanol–water partition coefficient (Wildman–Crippen LogP) is 2.68. The Balaban J connectivity index is 2.29. The summed E-state index contributed by atoms with van der Waals surface area (Å²) in [7, 11) is 0. The molecule has 5 heteroatoms. The molecule has 1 aromatic rings. The smallest absolute Gasteiger partial charge is 0.234 e. The van der Waals surface area contributed by atoms with E-state index in [0.717, 1.165) is 5.69 Å². The van der Waals surface area contributed by atoms with Crippen LogP contribution in [-0.2, 0) is 9.53 Å². The zero-order chi connectivity index (χ0) is 11.8. The normalized spacial score (nSPS) is 9.56. The summed E-state index contributed by atoms with van der Waals surface area (Å²) in [5.74, 6) is 0.187. The average Bonchev–Trinajstić information content (AvgIpc) is 2.28. The Morgan fingerprint density at radius 3 is 2.75 bits per heavy atom. The Hall–Kier alpha value is -1.07. The summed E-state index contributed by atoms with van der Waals surface area (Å²) in [4.78, 5) is 11.5. The number of hydrogen-bond acceptors (Lipinski definition) is 4. The standard InChI is InChI=1S/C11H13NO2S2/c1-2-14-11(15)16-8-10(13)12-9-6-4-3-5-7-9/h3-7H,2,8H2,1H3,(H,12,13). The van der Waals surface area contributed by atoms with Gasteiger partial charge < -0.3 is 10.1 Å². The number of carbonyl (C=O) groups excluding carboxylic acids is 1. The third-order valence-corrected chi connectivity index (χ3v) is 2.87. The first-order valence-electron chi connectivity index (χ1n) is 4.87. The molecule has 1 aromatic carbocycles. The van der Waals surface area contributed by atoms with Gasteiger partial charge in [0.25, 0.3) is 0 Å². The molecule has 0 radical (unpaired) electrons. The first-order chi connectivity index (χ1) is 7.72. The zero-order valence-electron chi connectivity index (χ0n) is 8.93. The van der Waals surface area contributed by atoms with Crippen molar-refractivity contribution in [1.82, 2.24) is 0 Å². The Kier molecular flexibility index (Phi) is 5.88. The Labute approximate surface area is 105 Å². The fourth-order valence-electron chi connectivity index (χ4n) is 1.00. The van der Waals surface area contributed by atoms with Gasteiger partial charge in [-0.2, -0.15) is 0 Å². The number of benzene rings is 1. The summed E-state index contributed by atoms with van der Waals surface area (Å²) in [5.41, 5.74) is 0.787. The van der Waals surface area contributed by atoms with E-state index >= 15 is 0 Å². The Morgan fingerprint density at radius 1 is 1.44 bits per heavy atom. The highest BCUT2D eigenvalue weighted by Crippen LogP contribution is 2.09. The van der Waals surface area contributed by atoms with Gasteiger partial charge in [-0.1, -0.05) is 30.0 Å². The molecule has 0 unspecified atom stereocenters. The van der Waals surface area contributed by atoms with E-state index in [0.29, 0.717) is 11.0 Å². The van der Waals surface area contributed by atoms with Crippen molar-refractivity contribution in [3.8, 4) is 0 Å². The van der Waals surface area contributed by atoms with Crippen molar-refractivity contribution in [3.05, 3.63) is 30.3 Å². The van der Waals surface area contributed by atoms with Crippen LogP contribution in [0.15, 0.2) is 30.3 Å².